The molecule has 0 heterocycles. The van der Waals surface area contributed by atoms with Gasteiger partial charge in [-0.25, -0.2) is 8.42 Å². The van der Waals surface area contributed by atoms with Crippen molar-refractivity contribution in [2.24, 2.45) is 0 Å². The fraction of sp³-hybridized carbons (Fsp3) is 0.409. The molecule has 0 saturated carbocycles. The van der Waals surface area contributed by atoms with Crippen LogP contribution in [0.5, 0.6) is 5.75 Å². The summed E-state index contributed by atoms with van der Waals surface area (Å²) in [5.74, 6) is 0.0406. The fourth-order valence-electron chi connectivity index (χ4n) is 3.49. The first-order valence-electron chi connectivity index (χ1n) is 9.60. The Balaban J connectivity index is 2.10. The quantitative estimate of drug-likeness (QED) is 0.624. The van der Waals surface area contributed by atoms with Crippen molar-refractivity contribution in [3.63, 3.8) is 0 Å². The molecule has 1 atom stereocenters. The molecule has 0 aliphatic carbocycles. The smallest absolute Gasteiger partial charge is 0.240 e. The van der Waals surface area contributed by atoms with Crippen molar-refractivity contribution in [2.75, 3.05) is 24.2 Å². The van der Waals surface area contributed by atoms with Crippen LogP contribution in [-0.4, -0.2) is 40.3 Å². The second-order valence-electron chi connectivity index (χ2n) is 8.01. The monoisotopic (exact) mass is 452 g/mol. The van der Waals surface area contributed by atoms with Gasteiger partial charge in [0.1, 0.15) is 12.3 Å². The highest BCUT2D eigenvalue weighted by molar-refractivity contribution is 7.92. The van der Waals surface area contributed by atoms with Gasteiger partial charge in [-0.1, -0.05) is 55.8 Å². The minimum absolute atomic E-state index is 0.145. The lowest BCUT2D eigenvalue weighted by atomic mass is 9.79. The summed E-state index contributed by atoms with van der Waals surface area (Å²) >= 11 is 6.13. The van der Waals surface area contributed by atoms with Crippen LogP contribution in [0, 0.1) is 0 Å². The molecule has 8 heteroatoms. The highest BCUT2D eigenvalue weighted by Gasteiger charge is 2.26. The number of ether oxygens (including phenoxy) is 1. The van der Waals surface area contributed by atoms with Crippen molar-refractivity contribution >= 4 is 33.2 Å². The zero-order valence-corrected chi connectivity index (χ0v) is 19.5. The summed E-state index contributed by atoms with van der Waals surface area (Å²) in [5, 5.41) is 3.18. The van der Waals surface area contributed by atoms with Crippen molar-refractivity contribution < 1.29 is 17.9 Å². The summed E-state index contributed by atoms with van der Waals surface area (Å²) in [6.07, 6.45) is 1.76. The summed E-state index contributed by atoms with van der Waals surface area (Å²) < 4.78 is 30.7. The number of anilines is 1. The van der Waals surface area contributed by atoms with Crippen LogP contribution in [0.25, 0.3) is 0 Å². The Morgan fingerprint density at radius 1 is 1.20 bits per heavy atom. The molecule has 0 aliphatic rings. The van der Waals surface area contributed by atoms with Gasteiger partial charge in [0.25, 0.3) is 0 Å². The predicted molar refractivity (Wildman–Crippen MR) is 122 cm³/mol. The molecule has 30 heavy (non-hydrogen) atoms. The van der Waals surface area contributed by atoms with Crippen LogP contribution in [-0.2, 0) is 20.2 Å². The molecule has 0 spiro atoms. The molecule has 6 nitrogen and oxygen atoms in total. The first-order valence-corrected chi connectivity index (χ1v) is 11.8. The van der Waals surface area contributed by atoms with Gasteiger partial charge in [-0.05, 0) is 42.5 Å². The van der Waals surface area contributed by atoms with E-state index in [4.69, 9.17) is 16.3 Å². The maximum atomic E-state index is 12.6. The van der Waals surface area contributed by atoms with Gasteiger partial charge >= 0.3 is 0 Å². The van der Waals surface area contributed by atoms with Crippen LogP contribution in [0.15, 0.2) is 48.5 Å². The zero-order chi connectivity index (χ0) is 22.5. The summed E-state index contributed by atoms with van der Waals surface area (Å²) in [6, 6.07) is 14.5. The second kappa shape index (κ2) is 9.71. The van der Waals surface area contributed by atoms with Gasteiger partial charge in [-0.15, -0.1) is 0 Å². The molecule has 0 aromatic heterocycles. The minimum Gasteiger partial charge on any atom is -0.495 e. The number of hydrogen-bond donors (Lipinski definition) is 1. The van der Waals surface area contributed by atoms with Crippen LogP contribution in [0.3, 0.4) is 0 Å². The summed E-state index contributed by atoms with van der Waals surface area (Å²) in [5.41, 5.74) is 1.33. The van der Waals surface area contributed by atoms with E-state index in [1.54, 1.807) is 12.1 Å². The van der Waals surface area contributed by atoms with E-state index in [-0.39, 0.29) is 28.9 Å². The lowest BCUT2D eigenvalue weighted by molar-refractivity contribution is -0.120. The van der Waals surface area contributed by atoms with Crippen LogP contribution >= 0.6 is 11.6 Å². The average Bonchev–Trinajstić information content (AvgIpc) is 2.65. The second-order valence-corrected chi connectivity index (χ2v) is 10.3. The maximum absolute atomic E-state index is 12.6. The Hall–Kier alpha value is -2.25. The number of methoxy groups -OCH3 is 1. The van der Waals surface area contributed by atoms with Crippen LogP contribution < -0.4 is 14.4 Å². The van der Waals surface area contributed by atoms with E-state index in [2.05, 4.69) is 31.3 Å². The topological polar surface area (TPSA) is 75.7 Å². The van der Waals surface area contributed by atoms with Crippen LogP contribution in [0.2, 0.25) is 5.02 Å². The largest absolute Gasteiger partial charge is 0.495 e. The molecule has 1 unspecified atom stereocenters. The molecule has 1 N–H and O–H groups in total. The first-order chi connectivity index (χ1) is 13.9. The first kappa shape index (κ1) is 24.0. The van der Waals surface area contributed by atoms with E-state index in [1.807, 2.05) is 25.1 Å². The molecule has 2 aromatic rings. The Kier molecular flexibility index (Phi) is 7.77. The summed E-state index contributed by atoms with van der Waals surface area (Å²) in [7, 11) is -2.22. The maximum Gasteiger partial charge on any atom is 0.240 e. The Morgan fingerprint density at radius 2 is 1.83 bits per heavy atom. The molecule has 164 valence electrons. The lowest BCUT2D eigenvalue weighted by Gasteiger charge is -2.30. The standard InChI is InChI=1S/C22H29ClN2O4S/c1-16(14-22(2,3)17-9-7-6-8-10-17)24-21(26)15-25(30(5,27)28)18-11-12-20(29-4)19(23)13-18/h6-13,16H,14-15H2,1-5H3,(H,24,26). The Labute approximate surface area is 184 Å². The minimum atomic E-state index is -3.69. The normalized spacial score (nSPS) is 12.9. The Bertz CT molecular complexity index is 978. The zero-order valence-electron chi connectivity index (χ0n) is 18.0. The number of sulfonamides is 1. The van der Waals surface area contributed by atoms with E-state index < -0.39 is 10.0 Å². The van der Waals surface area contributed by atoms with E-state index >= 15 is 0 Å². The number of halogens is 1. The SMILES string of the molecule is COc1ccc(N(CC(=O)NC(C)CC(C)(C)c2ccccc2)S(C)(=O)=O)cc1Cl. The number of carbonyl (C=O) groups is 1. The number of carbonyl (C=O) groups excluding carboxylic acids is 1. The third-order valence-corrected chi connectivity index (χ3v) is 6.33. The average molecular weight is 453 g/mol. The van der Waals surface area contributed by atoms with Gasteiger partial charge in [0.05, 0.1) is 24.1 Å². The molecule has 0 bridgehead atoms. The van der Waals surface area contributed by atoms with Gasteiger partial charge in [-0.2, -0.15) is 0 Å². The van der Waals surface area contributed by atoms with Crippen LogP contribution in [0.1, 0.15) is 32.8 Å². The number of benzene rings is 2. The summed E-state index contributed by atoms with van der Waals surface area (Å²) in [6.45, 7) is 5.82. The fourth-order valence-corrected chi connectivity index (χ4v) is 4.59. The number of hydrogen-bond acceptors (Lipinski definition) is 4. The number of nitrogens with zero attached hydrogens (tertiary/aromatic N) is 1. The molecule has 2 rings (SSSR count). The molecular formula is C22H29ClN2O4S. The molecule has 1 amide bonds. The highest BCUT2D eigenvalue weighted by Crippen LogP contribution is 2.30. The molecule has 0 saturated heterocycles. The highest BCUT2D eigenvalue weighted by atomic mass is 35.5. The van der Waals surface area contributed by atoms with Gasteiger partial charge in [-0.3, -0.25) is 9.10 Å². The summed E-state index contributed by atoms with van der Waals surface area (Å²) in [4.78, 5) is 12.6. The van der Waals surface area contributed by atoms with Crippen LogP contribution in [0.4, 0.5) is 5.69 Å². The molecule has 0 aliphatic heterocycles. The lowest BCUT2D eigenvalue weighted by Crippen LogP contribution is -2.44. The van der Waals surface area contributed by atoms with Crippen molar-refractivity contribution in [2.45, 2.75) is 38.6 Å². The van der Waals surface area contributed by atoms with Gasteiger partial charge in [0, 0.05) is 6.04 Å². The molecule has 2 aromatic carbocycles. The van der Waals surface area contributed by atoms with E-state index in [0.29, 0.717) is 17.9 Å². The molecular weight excluding hydrogens is 424 g/mol. The number of amides is 1. The van der Waals surface area contributed by atoms with Crippen molar-refractivity contribution in [1.29, 1.82) is 0 Å². The van der Waals surface area contributed by atoms with Gasteiger partial charge < -0.3 is 10.1 Å². The van der Waals surface area contributed by atoms with Gasteiger partial charge in [0.2, 0.25) is 15.9 Å². The molecule has 0 fully saturated rings. The van der Waals surface area contributed by atoms with E-state index in [1.165, 1.54) is 18.7 Å². The van der Waals surface area contributed by atoms with E-state index in [9.17, 15) is 13.2 Å². The molecule has 0 radical (unpaired) electrons. The van der Waals surface area contributed by atoms with Gasteiger partial charge in [0.15, 0.2) is 0 Å². The van der Waals surface area contributed by atoms with E-state index in [0.717, 1.165) is 10.6 Å². The number of nitrogens with one attached hydrogen (secondary N) is 1. The third kappa shape index (κ3) is 6.37. The Morgan fingerprint density at radius 3 is 2.37 bits per heavy atom. The van der Waals surface area contributed by atoms with Crippen molar-refractivity contribution in [3.8, 4) is 5.75 Å². The predicted octanol–water partition coefficient (Wildman–Crippen LogP) is 3.99. The number of rotatable bonds is 9. The van der Waals surface area contributed by atoms with Crippen molar-refractivity contribution in [3.05, 3.63) is 59.1 Å². The van der Waals surface area contributed by atoms with Crippen molar-refractivity contribution in [1.82, 2.24) is 5.32 Å². The third-order valence-electron chi connectivity index (χ3n) is 4.89.